The zero-order valence-electron chi connectivity index (χ0n) is 13.4. The van der Waals surface area contributed by atoms with Crippen molar-refractivity contribution in [3.05, 3.63) is 47.9 Å². The minimum absolute atomic E-state index is 0.102. The van der Waals surface area contributed by atoms with Gasteiger partial charge in [0, 0.05) is 50.3 Å². The molecule has 1 amide bonds. The fourth-order valence-corrected chi connectivity index (χ4v) is 2.90. The normalized spacial score (nSPS) is 15.3. The van der Waals surface area contributed by atoms with Crippen molar-refractivity contribution in [2.75, 3.05) is 31.1 Å². The van der Waals surface area contributed by atoms with E-state index in [0.29, 0.717) is 6.54 Å². The van der Waals surface area contributed by atoms with Gasteiger partial charge in [-0.3, -0.25) is 9.78 Å². The van der Waals surface area contributed by atoms with Crippen LogP contribution in [0.2, 0.25) is 0 Å². The van der Waals surface area contributed by atoms with E-state index in [9.17, 15) is 4.79 Å². The molecular weight excluding hydrogens is 290 g/mol. The van der Waals surface area contributed by atoms with Gasteiger partial charge in [0.15, 0.2) is 5.82 Å². The summed E-state index contributed by atoms with van der Waals surface area (Å²) >= 11 is 0. The molecule has 1 aliphatic rings. The van der Waals surface area contributed by atoms with E-state index >= 15 is 0 Å². The van der Waals surface area contributed by atoms with Crippen molar-refractivity contribution in [3.8, 4) is 0 Å². The molecule has 0 bridgehead atoms. The van der Waals surface area contributed by atoms with Crippen LogP contribution in [0.25, 0.3) is 0 Å². The lowest BCUT2D eigenvalue weighted by molar-refractivity contribution is 0.0766. The minimum atomic E-state index is 0.102. The number of carbonyl (C=O) groups is 1. The summed E-state index contributed by atoms with van der Waals surface area (Å²) in [5, 5.41) is 8.10. The zero-order valence-corrected chi connectivity index (χ0v) is 13.4. The van der Waals surface area contributed by atoms with Crippen LogP contribution in [0.5, 0.6) is 0 Å². The molecule has 0 unspecified atom stereocenters. The highest BCUT2D eigenvalue weighted by Crippen LogP contribution is 2.16. The number of pyridine rings is 1. The maximum Gasteiger partial charge on any atom is 0.254 e. The molecule has 6 heteroatoms. The summed E-state index contributed by atoms with van der Waals surface area (Å²) in [7, 11) is 0. The third kappa shape index (κ3) is 3.47. The first-order chi connectivity index (χ1) is 11.3. The Hall–Kier alpha value is -2.50. The lowest BCUT2D eigenvalue weighted by atomic mass is 10.1. The molecule has 1 saturated heterocycles. The summed E-state index contributed by atoms with van der Waals surface area (Å²) in [5.41, 5.74) is 1.78. The van der Waals surface area contributed by atoms with Gasteiger partial charge in [0.05, 0.1) is 0 Å². The van der Waals surface area contributed by atoms with Crippen molar-refractivity contribution in [3.63, 3.8) is 0 Å². The molecule has 0 aliphatic carbocycles. The topological polar surface area (TPSA) is 62.2 Å². The number of hydrogen-bond acceptors (Lipinski definition) is 5. The Kier molecular flexibility index (Phi) is 4.80. The first-order valence-electron chi connectivity index (χ1n) is 8.04. The van der Waals surface area contributed by atoms with Crippen LogP contribution in [0.3, 0.4) is 0 Å². The van der Waals surface area contributed by atoms with Crippen LogP contribution < -0.4 is 4.90 Å². The second-order valence-corrected chi connectivity index (χ2v) is 5.60. The maximum absolute atomic E-state index is 12.8. The predicted molar refractivity (Wildman–Crippen MR) is 88.4 cm³/mol. The third-order valence-electron chi connectivity index (χ3n) is 4.18. The number of amides is 1. The molecule has 3 heterocycles. The summed E-state index contributed by atoms with van der Waals surface area (Å²) < 4.78 is 0. The second-order valence-electron chi connectivity index (χ2n) is 5.60. The van der Waals surface area contributed by atoms with Crippen molar-refractivity contribution in [1.29, 1.82) is 0 Å². The number of hydrogen-bond donors (Lipinski definition) is 0. The van der Waals surface area contributed by atoms with Gasteiger partial charge >= 0.3 is 0 Å². The van der Waals surface area contributed by atoms with Crippen molar-refractivity contribution in [2.24, 2.45) is 0 Å². The van der Waals surface area contributed by atoms with Crippen molar-refractivity contribution in [1.82, 2.24) is 20.1 Å². The minimum Gasteiger partial charge on any atom is -0.353 e. The summed E-state index contributed by atoms with van der Waals surface area (Å²) in [6, 6.07) is 5.68. The van der Waals surface area contributed by atoms with E-state index in [1.165, 1.54) is 0 Å². The summed E-state index contributed by atoms with van der Waals surface area (Å²) in [5.74, 6) is 0.977. The van der Waals surface area contributed by atoms with Crippen molar-refractivity contribution >= 4 is 11.7 Å². The van der Waals surface area contributed by atoms with E-state index in [1.807, 2.05) is 30.0 Å². The van der Waals surface area contributed by atoms with Crippen LogP contribution in [-0.2, 0) is 6.42 Å². The average molecular weight is 311 g/mol. The van der Waals surface area contributed by atoms with Gasteiger partial charge in [-0.15, -0.1) is 5.10 Å². The van der Waals surface area contributed by atoms with E-state index in [2.05, 4.69) is 20.1 Å². The number of aryl methyl sites for hydroxylation is 1. The number of aromatic nitrogens is 3. The molecule has 0 atom stereocenters. The van der Waals surface area contributed by atoms with E-state index < -0.39 is 0 Å². The fourth-order valence-electron chi connectivity index (χ4n) is 2.90. The Morgan fingerprint density at radius 3 is 2.87 bits per heavy atom. The Labute approximate surface area is 136 Å². The summed E-state index contributed by atoms with van der Waals surface area (Å²) in [6.45, 7) is 5.17. The maximum atomic E-state index is 12.8. The molecule has 6 nitrogen and oxygen atoms in total. The molecular formula is C17H21N5O. The zero-order chi connectivity index (χ0) is 16.1. The fraction of sp³-hybridized carbons (Fsp3) is 0.412. The summed E-state index contributed by atoms with van der Waals surface area (Å²) in [4.78, 5) is 21.1. The first-order valence-corrected chi connectivity index (χ1v) is 8.04. The molecule has 0 aromatic carbocycles. The van der Waals surface area contributed by atoms with Crippen LogP contribution in [0.15, 0.2) is 36.8 Å². The lowest BCUT2D eigenvalue weighted by Crippen LogP contribution is -2.35. The van der Waals surface area contributed by atoms with Gasteiger partial charge in [0.2, 0.25) is 0 Å². The largest absolute Gasteiger partial charge is 0.353 e. The smallest absolute Gasteiger partial charge is 0.254 e. The SMILES string of the molecule is CCc1cnccc1C(=O)N1CCCN(c2cccnn2)CC1. The van der Waals surface area contributed by atoms with Crippen LogP contribution in [0.1, 0.15) is 29.3 Å². The second kappa shape index (κ2) is 7.17. The molecule has 3 rings (SSSR count). The summed E-state index contributed by atoms with van der Waals surface area (Å²) in [6.07, 6.45) is 6.89. The Bertz CT molecular complexity index is 661. The number of anilines is 1. The Morgan fingerprint density at radius 2 is 2.09 bits per heavy atom. The van der Waals surface area contributed by atoms with Gasteiger partial charge in [-0.1, -0.05) is 6.92 Å². The predicted octanol–water partition coefficient (Wildman–Crippen LogP) is 1.79. The van der Waals surface area contributed by atoms with Gasteiger partial charge in [-0.05, 0) is 36.6 Å². The number of rotatable bonds is 3. The average Bonchev–Trinajstić information content (AvgIpc) is 2.88. The van der Waals surface area contributed by atoms with Crippen LogP contribution in [0.4, 0.5) is 5.82 Å². The van der Waals surface area contributed by atoms with E-state index in [4.69, 9.17) is 0 Å². The lowest BCUT2D eigenvalue weighted by Gasteiger charge is -2.23. The van der Waals surface area contributed by atoms with Crippen LogP contribution in [0, 0.1) is 0 Å². The molecule has 0 N–H and O–H groups in total. The number of nitrogens with zero attached hydrogens (tertiary/aromatic N) is 5. The quantitative estimate of drug-likeness (QED) is 0.865. The molecule has 2 aromatic rings. The highest BCUT2D eigenvalue weighted by Gasteiger charge is 2.22. The van der Waals surface area contributed by atoms with Crippen molar-refractivity contribution < 1.29 is 4.79 Å². The molecule has 1 fully saturated rings. The van der Waals surface area contributed by atoms with Gasteiger partial charge in [-0.2, -0.15) is 5.10 Å². The molecule has 0 saturated carbocycles. The van der Waals surface area contributed by atoms with E-state index in [-0.39, 0.29) is 5.91 Å². The highest BCUT2D eigenvalue weighted by molar-refractivity contribution is 5.95. The van der Waals surface area contributed by atoms with Crippen LogP contribution in [-0.4, -0.2) is 52.2 Å². The molecule has 120 valence electrons. The van der Waals surface area contributed by atoms with Gasteiger partial charge < -0.3 is 9.80 Å². The van der Waals surface area contributed by atoms with Gasteiger partial charge in [0.1, 0.15) is 0 Å². The molecule has 1 aliphatic heterocycles. The molecule has 0 radical (unpaired) electrons. The Balaban J connectivity index is 1.71. The highest BCUT2D eigenvalue weighted by atomic mass is 16.2. The van der Waals surface area contributed by atoms with E-state index in [1.54, 1.807) is 18.6 Å². The first kappa shape index (κ1) is 15.4. The van der Waals surface area contributed by atoms with Gasteiger partial charge in [-0.25, -0.2) is 0 Å². The standard InChI is InChI=1S/C17H21N5O/c1-2-14-13-18-8-6-15(14)17(23)22-10-4-9-21(11-12-22)16-5-3-7-19-20-16/h3,5-8,13H,2,4,9-12H2,1H3. The molecule has 23 heavy (non-hydrogen) atoms. The number of carbonyl (C=O) groups excluding carboxylic acids is 1. The molecule has 2 aromatic heterocycles. The third-order valence-corrected chi connectivity index (χ3v) is 4.18. The van der Waals surface area contributed by atoms with Gasteiger partial charge in [0.25, 0.3) is 5.91 Å². The van der Waals surface area contributed by atoms with Crippen LogP contribution >= 0.6 is 0 Å². The molecule has 0 spiro atoms. The Morgan fingerprint density at radius 1 is 1.17 bits per heavy atom. The van der Waals surface area contributed by atoms with Crippen molar-refractivity contribution in [2.45, 2.75) is 19.8 Å². The monoisotopic (exact) mass is 311 g/mol. The van der Waals surface area contributed by atoms with E-state index in [0.717, 1.165) is 49.4 Å².